The summed E-state index contributed by atoms with van der Waals surface area (Å²) in [5.41, 5.74) is 1.48. The Morgan fingerprint density at radius 1 is 1.12 bits per heavy atom. The van der Waals surface area contributed by atoms with E-state index in [-0.39, 0.29) is 17.1 Å². The number of aryl methyl sites for hydroxylation is 1. The number of fused-ring (bicyclic) bond motifs is 1. The van der Waals surface area contributed by atoms with Gasteiger partial charge in [-0.25, -0.2) is 17.7 Å². The highest BCUT2D eigenvalue weighted by molar-refractivity contribution is 7.77. The third-order valence-corrected chi connectivity index (χ3v) is 6.43. The summed E-state index contributed by atoms with van der Waals surface area (Å²) in [6.07, 6.45) is 4.64. The summed E-state index contributed by atoms with van der Waals surface area (Å²) in [4.78, 5) is 15.5. The summed E-state index contributed by atoms with van der Waals surface area (Å²) in [5, 5.41) is 0.642. The average Bonchev–Trinajstić information content (AvgIpc) is 3.36. The standard InChI is InChI=1S/C23H19F2N3O4S/c1-28-12-17(15-6-9-26-21(15)22(28)29)16-10-13(23(7-8-23)27-33(30)31)2-4-19(16)32-20-5-3-14(24)11-18(20)25/h2-6,9-12,26-27H,7-8H2,1H3,(H,30,31). The fourth-order valence-corrected chi connectivity index (χ4v) is 4.69. The van der Waals surface area contributed by atoms with Crippen LogP contribution in [0.4, 0.5) is 8.78 Å². The van der Waals surface area contributed by atoms with Crippen molar-refractivity contribution < 1.29 is 22.3 Å². The number of ether oxygens (including phenoxy) is 1. The monoisotopic (exact) mass is 471 g/mol. The second-order valence-electron chi connectivity index (χ2n) is 8.05. The molecule has 2 heterocycles. The Balaban J connectivity index is 1.71. The average molecular weight is 471 g/mol. The van der Waals surface area contributed by atoms with E-state index >= 15 is 0 Å². The van der Waals surface area contributed by atoms with Crippen molar-refractivity contribution in [1.82, 2.24) is 14.3 Å². The van der Waals surface area contributed by atoms with Gasteiger partial charge in [-0.3, -0.25) is 9.35 Å². The Morgan fingerprint density at radius 2 is 1.88 bits per heavy atom. The van der Waals surface area contributed by atoms with Gasteiger partial charge >= 0.3 is 0 Å². The normalized spacial score (nSPS) is 15.5. The molecular formula is C23H19F2N3O4S. The lowest BCUT2D eigenvalue weighted by Crippen LogP contribution is -2.30. The van der Waals surface area contributed by atoms with Crippen molar-refractivity contribution in [3.05, 3.63) is 82.4 Å². The number of rotatable bonds is 6. The van der Waals surface area contributed by atoms with E-state index in [9.17, 15) is 22.3 Å². The fourth-order valence-electron chi connectivity index (χ4n) is 4.03. The first-order chi connectivity index (χ1) is 15.8. The van der Waals surface area contributed by atoms with Crippen LogP contribution in [0.1, 0.15) is 18.4 Å². The van der Waals surface area contributed by atoms with Crippen molar-refractivity contribution in [2.75, 3.05) is 0 Å². The Hall–Kier alpha value is -3.34. The van der Waals surface area contributed by atoms with E-state index in [1.807, 2.05) is 0 Å². The summed E-state index contributed by atoms with van der Waals surface area (Å²) < 4.78 is 58.5. The molecule has 10 heteroatoms. The molecule has 0 saturated heterocycles. The van der Waals surface area contributed by atoms with Gasteiger partial charge in [0.25, 0.3) is 5.56 Å². The molecule has 170 valence electrons. The molecule has 0 aliphatic heterocycles. The van der Waals surface area contributed by atoms with Crippen molar-refractivity contribution in [2.45, 2.75) is 18.4 Å². The summed E-state index contributed by atoms with van der Waals surface area (Å²) in [6, 6.07) is 9.98. The molecule has 1 atom stereocenters. The predicted octanol–water partition coefficient (Wildman–Crippen LogP) is 4.32. The highest BCUT2D eigenvalue weighted by atomic mass is 32.2. The Bertz CT molecular complexity index is 1480. The van der Waals surface area contributed by atoms with Gasteiger partial charge in [-0.1, -0.05) is 6.07 Å². The zero-order chi connectivity index (χ0) is 23.3. The second kappa shape index (κ2) is 7.91. The highest BCUT2D eigenvalue weighted by Gasteiger charge is 2.46. The lowest BCUT2D eigenvalue weighted by atomic mass is 9.96. The van der Waals surface area contributed by atoms with Gasteiger partial charge in [-0.15, -0.1) is 0 Å². The number of nitrogens with zero attached hydrogens (tertiary/aromatic N) is 1. The third kappa shape index (κ3) is 3.86. The SMILES string of the molecule is Cn1cc(-c2cc(C3(NS(=O)O)CC3)ccc2Oc2ccc(F)cc2F)c2cc[nH]c2c1=O. The maximum absolute atomic E-state index is 14.3. The summed E-state index contributed by atoms with van der Waals surface area (Å²) in [5.74, 6) is -1.45. The lowest BCUT2D eigenvalue weighted by molar-refractivity contribution is 0.438. The first kappa shape index (κ1) is 21.5. The van der Waals surface area contributed by atoms with Crippen LogP contribution in [0.2, 0.25) is 0 Å². The smallest absolute Gasteiger partial charge is 0.274 e. The molecule has 0 radical (unpaired) electrons. The molecule has 2 aromatic heterocycles. The number of pyridine rings is 1. The van der Waals surface area contributed by atoms with Crippen LogP contribution in [0.25, 0.3) is 22.0 Å². The van der Waals surface area contributed by atoms with E-state index in [2.05, 4.69) is 9.71 Å². The Labute approximate surface area is 189 Å². The van der Waals surface area contributed by atoms with Crippen molar-refractivity contribution in [3.63, 3.8) is 0 Å². The van der Waals surface area contributed by atoms with Crippen LogP contribution in [0.3, 0.4) is 0 Å². The molecular weight excluding hydrogens is 452 g/mol. The quantitative estimate of drug-likeness (QED) is 0.365. The minimum atomic E-state index is -2.21. The zero-order valence-corrected chi connectivity index (χ0v) is 18.2. The number of aromatic nitrogens is 2. The summed E-state index contributed by atoms with van der Waals surface area (Å²) in [6.45, 7) is 0. The van der Waals surface area contributed by atoms with Crippen LogP contribution in [0.15, 0.2) is 59.7 Å². The molecule has 0 spiro atoms. The van der Waals surface area contributed by atoms with E-state index in [1.165, 1.54) is 10.6 Å². The molecule has 1 aliphatic rings. The molecule has 2 aromatic carbocycles. The lowest BCUT2D eigenvalue weighted by Gasteiger charge is -2.19. The number of aromatic amines is 1. The minimum Gasteiger partial charge on any atom is -0.454 e. The van der Waals surface area contributed by atoms with E-state index in [4.69, 9.17) is 4.74 Å². The van der Waals surface area contributed by atoms with E-state index in [0.29, 0.717) is 34.9 Å². The largest absolute Gasteiger partial charge is 0.454 e. The third-order valence-electron chi connectivity index (χ3n) is 5.86. The Morgan fingerprint density at radius 3 is 2.58 bits per heavy atom. The molecule has 1 aliphatic carbocycles. The van der Waals surface area contributed by atoms with E-state index in [0.717, 1.165) is 17.7 Å². The molecule has 1 fully saturated rings. The molecule has 7 nitrogen and oxygen atoms in total. The molecule has 0 amide bonds. The van der Waals surface area contributed by atoms with Crippen molar-refractivity contribution in [3.8, 4) is 22.6 Å². The fraction of sp³-hybridized carbons (Fsp3) is 0.174. The van der Waals surface area contributed by atoms with Crippen LogP contribution >= 0.6 is 0 Å². The van der Waals surface area contributed by atoms with Crippen LogP contribution < -0.4 is 15.0 Å². The summed E-state index contributed by atoms with van der Waals surface area (Å²) in [7, 11) is 1.62. The molecule has 5 rings (SSSR count). The maximum Gasteiger partial charge on any atom is 0.274 e. The van der Waals surface area contributed by atoms with Crippen LogP contribution in [0, 0.1) is 11.6 Å². The topological polar surface area (TPSA) is 96.3 Å². The number of hydrogen-bond acceptors (Lipinski definition) is 3. The number of halogens is 2. The minimum absolute atomic E-state index is 0.156. The molecule has 1 unspecified atom stereocenters. The number of benzene rings is 2. The molecule has 33 heavy (non-hydrogen) atoms. The maximum atomic E-state index is 14.3. The second-order valence-corrected chi connectivity index (χ2v) is 8.75. The van der Waals surface area contributed by atoms with E-state index < -0.39 is 28.4 Å². The van der Waals surface area contributed by atoms with Crippen molar-refractivity contribution in [1.29, 1.82) is 0 Å². The van der Waals surface area contributed by atoms with Gasteiger partial charge in [0.15, 0.2) is 11.6 Å². The van der Waals surface area contributed by atoms with Gasteiger partial charge in [0, 0.05) is 42.0 Å². The number of H-pyrrole nitrogens is 1. The van der Waals surface area contributed by atoms with Gasteiger partial charge < -0.3 is 14.3 Å². The molecule has 1 saturated carbocycles. The van der Waals surface area contributed by atoms with Crippen LogP contribution in [-0.2, 0) is 23.9 Å². The van der Waals surface area contributed by atoms with Crippen LogP contribution in [-0.4, -0.2) is 18.3 Å². The molecule has 4 aromatic rings. The Kier molecular flexibility index (Phi) is 5.15. The van der Waals surface area contributed by atoms with Crippen molar-refractivity contribution >= 4 is 22.2 Å². The first-order valence-corrected chi connectivity index (χ1v) is 11.2. The van der Waals surface area contributed by atoms with E-state index in [1.54, 1.807) is 43.7 Å². The highest BCUT2D eigenvalue weighted by Crippen LogP contribution is 2.48. The zero-order valence-electron chi connectivity index (χ0n) is 17.4. The van der Waals surface area contributed by atoms with Gasteiger partial charge in [0.1, 0.15) is 17.1 Å². The number of nitrogens with one attached hydrogen (secondary N) is 2. The van der Waals surface area contributed by atoms with Gasteiger partial charge in [-0.2, -0.15) is 0 Å². The van der Waals surface area contributed by atoms with Crippen molar-refractivity contribution in [2.24, 2.45) is 7.05 Å². The van der Waals surface area contributed by atoms with Gasteiger partial charge in [0.05, 0.1) is 5.54 Å². The van der Waals surface area contributed by atoms with Crippen LogP contribution in [0.5, 0.6) is 11.5 Å². The first-order valence-electron chi connectivity index (χ1n) is 10.1. The molecule has 3 N–H and O–H groups in total. The molecule has 0 bridgehead atoms. The number of hydrogen-bond donors (Lipinski definition) is 3. The predicted molar refractivity (Wildman–Crippen MR) is 120 cm³/mol. The van der Waals surface area contributed by atoms with Gasteiger partial charge in [-0.05, 0) is 48.7 Å². The van der Waals surface area contributed by atoms with Gasteiger partial charge in [0.2, 0.25) is 11.3 Å². The summed E-state index contributed by atoms with van der Waals surface area (Å²) >= 11 is -2.21.